The summed E-state index contributed by atoms with van der Waals surface area (Å²) < 4.78 is 37.6. The molecule has 1 atom stereocenters. The molecule has 1 N–H and O–H groups in total. The van der Waals surface area contributed by atoms with Gasteiger partial charge in [0.1, 0.15) is 0 Å². The Morgan fingerprint density at radius 3 is 2.20 bits per heavy atom. The van der Waals surface area contributed by atoms with Crippen molar-refractivity contribution in [2.75, 3.05) is 6.66 Å². The van der Waals surface area contributed by atoms with E-state index in [0.29, 0.717) is 5.02 Å². The van der Waals surface area contributed by atoms with Crippen LogP contribution in [0.3, 0.4) is 0 Å². The highest BCUT2D eigenvalue weighted by Crippen LogP contribution is 2.40. The summed E-state index contributed by atoms with van der Waals surface area (Å²) in [6.45, 7) is 0.792. The summed E-state index contributed by atoms with van der Waals surface area (Å²) in [6.07, 6.45) is 0. The highest BCUT2D eigenvalue weighted by molar-refractivity contribution is 7.91. The van der Waals surface area contributed by atoms with Crippen molar-refractivity contribution in [3.05, 3.63) is 29.3 Å². The van der Waals surface area contributed by atoms with Crippen molar-refractivity contribution in [2.45, 2.75) is 4.90 Å². The lowest BCUT2D eigenvalue weighted by Gasteiger charge is -2.07. The predicted molar refractivity (Wildman–Crippen MR) is 55.5 cm³/mol. The average molecular weight is 271 g/mol. The van der Waals surface area contributed by atoms with Gasteiger partial charge in [-0.15, -0.1) is 0 Å². The molecule has 0 aliphatic heterocycles. The summed E-state index contributed by atoms with van der Waals surface area (Å²) in [7, 11) is -8.29. The van der Waals surface area contributed by atoms with Crippen molar-refractivity contribution >= 4 is 29.3 Å². The van der Waals surface area contributed by atoms with Crippen molar-refractivity contribution in [3.63, 3.8) is 0 Å². The van der Waals surface area contributed by atoms with E-state index in [-0.39, 0.29) is 4.90 Å². The van der Waals surface area contributed by atoms with E-state index >= 15 is 0 Å². The lowest BCUT2D eigenvalue weighted by Crippen LogP contribution is -2.03. The standard InChI is InChI=1S/C7H8ClO5PS/c1-14(9,10)13-15(11,12)7-4-2-6(8)3-5-7/h2-5H,1H3,(H,9,10). The van der Waals surface area contributed by atoms with Crippen molar-refractivity contribution < 1.29 is 21.8 Å². The largest absolute Gasteiger partial charge is 0.339 e. The molecule has 1 aromatic rings. The smallest absolute Gasteiger partial charge is 0.324 e. The molecule has 0 heterocycles. The monoisotopic (exact) mass is 270 g/mol. The number of benzene rings is 1. The molecule has 0 aliphatic rings. The zero-order valence-corrected chi connectivity index (χ0v) is 10.1. The molecule has 15 heavy (non-hydrogen) atoms. The first-order valence-electron chi connectivity index (χ1n) is 3.73. The number of hydrogen-bond donors (Lipinski definition) is 1. The Morgan fingerprint density at radius 2 is 1.80 bits per heavy atom. The van der Waals surface area contributed by atoms with Gasteiger partial charge in [-0.25, -0.2) is 0 Å². The summed E-state index contributed by atoms with van der Waals surface area (Å²) in [5, 5.41) is 0.359. The molecule has 0 aliphatic carbocycles. The third-order valence-electron chi connectivity index (χ3n) is 1.34. The lowest BCUT2D eigenvalue weighted by atomic mass is 10.4. The van der Waals surface area contributed by atoms with Crippen LogP contribution in [0.2, 0.25) is 5.02 Å². The van der Waals surface area contributed by atoms with Gasteiger partial charge in [0.15, 0.2) is 0 Å². The average Bonchev–Trinajstić information content (AvgIpc) is 2.00. The van der Waals surface area contributed by atoms with Gasteiger partial charge in [0.25, 0.3) is 0 Å². The molecule has 0 saturated heterocycles. The first-order valence-corrected chi connectivity index (χ1v) is 7.54. The second-order valence-corrected chi connectivity index (χ2v) is 6.80. The summed E-state index contributed by atoms with van der Waals surface area (Å²) in [4.78, 5) is 8.58. The molecule has 1 unspecified atom stereocenters. The fourth-order valence-electron chi connectivity index (χ4n) is 0.826. The van der Waals surface area contributed by atoms with E-state index in [1.165, 1.54) is 24.3 Å². The highest BCUT2D eigenvalue weighted by atomic mass is 35.5. The Morgan fingerprint density at radius 1 is 1.33 bits per heavy atom. The Hall–Kier alpha value is -0.390. The third kappa shape index (κ3) is 3.93. The van der Waals surface area contributed by atoms with Crippen molar-refractivity contribution in [1.82, 2.24) is 0 Å². The van der Waals surface area contributed by atoms with E-state index in [9.17, 15) is 13.0 Å². The molecule has 0 radical (unpaired) electrons. The Balaban J connectivity index is 3.07. The second kappa shape index (κ2) is 4.23. The second-order valence-electron chi connectivity index (χ2n) is 2.79. The SMILES string of the molecule is CP(=O)(O)OS(=O)(=O)c1ccc(Cl)cc1. The summed E-state index contributed by atoms with van der Waals surface area (Å²) in [6, 6.07) is 5.06. The van der Waals surface area contributed by atoms with Crippen LogP contribution < -0.4 is 0 Å². The van der Waals surface area contributed by atoms with Crippen LogP contribution in [0.25, 0.3) is 0 Å². The topological polar surface area (TPSA) is 80.7 Å². The maximum atomic E-state index is 11.4. The van der Waals surface area contributed by atoms with Crippen molar-refractivity contribution in [2.24, 2.45) is 0 Å². The van der Waals surface area contributed by atoms with E-state index in [1.54, 1.807) is 0 Å². The van der Waals surface area contributed by atoms with E-state index in [2.05, 4.69) is 3.97 Å². The summed E-state index contributed by atoms with van der Waals surface area (Å²) in [5.41, 5.74) is 0. The van der Waals surface area contributed by atoms with Gasteiger partial charge in [-0.05, 0) is 24.3 Å². The molecule has 84 valence electrons. The van der Waals surface area contributed by atoms with Crippen LogP contribution in [0.5, 0.6) is 0 Å². The molecule has 8 heteroatoms. The van der Waals surface area contributed by atoms with Gasteiger partial charge >= 0.3 is 17.7 Å². The van der Waals surface area contributed by atoms with Crippen LogP contribution in [-0.4, -0.2) is 20.0 Å². The third-order valence-corrected chi connectivity index (χ3v) is 4.33. The first kappa shape index (κ1) is 12.7. The minimum Gasteiger partial charge on any atom is -0.324 e. The number of halogens is 1. The van der Waals surface area contributed by atoms with E-state index < -0.39 is 17.7 Å². The first-order chi connectivity index (χ1) is 6.71. The van der Waals surface area contributed by atoms with Gasteiger partial charge < -0.3 is 4.89 Å². The molecule has 0 spiro atoms. The predicted octanol–water partition coefficient (Wildman–Crippen LogP) is 1.86. The van der Waals surface area contributed by atoms with Gasteiger partial charge in [0, 0.05) is 11.7 Å². The molecule has 1 rings (SSSR count). The van der Waals surface area contributed by atoms with Crippen LogP contribution in [-0.2, 0) is 18.7 Å². The minimum atomic E-state index is -4.21. The zero-order valence-electron chi connectivity index (χ0n) is 7.62. The van der Waals surface area contributed by atoms with Crippen LogP contribution in [0.4, 0.5) is 0 Å². The Bertz CT molecular complexity index is 489. The van der Waals surface area contributed by atoms with E-state index in [1.807, 2.05) is 0 Å². The normalized spacial score (nSPS) is 15.9. The molecule has 0 bridgehead atoms. The van der Waals surface area contributed by atoms with Crippen molar-refractivity contribution in [3.8, 4) is 0 Å². The quantitative estimate of drug-likeness (QED) is 0.848. The van der Waals surface area contributed by atoms with Gasteiger partial charge in [-0.2, -0.15) is 12.4 Å². The number of hydrogen-bond acceptors (Lipinski definition) is 4. The fraction of sp³-hybridized carbons (Fsp3) is 0.143. The Labute approximate surface area is 92.3 Å². The summed E-state index contributed by atoms with van der Waals surface area (Å²) >= 11 is 5.56. The van der Waals surface area contributed by atoms with Crippen LogP contribution in [0.1, 0.15) is 0 Å². The lowest BCUT2D eigenvalue weighted by molar-refractivity contribution is 0.384. The molecular weight excluding hydrogens is 263 g/mol. The summed E-state index contributed by atoms with van der Waals surface area (Å²) in [5.74, 6) is 0. The van der Waals surface area contributed by atoms with E-state index in [4.69, 9.17) is 16.5 Å². The molecule has 0 fully saturated rings. The van der Waals surface area contributed by atoms with Crippen LogP contribution in [0, 0.1) is 0 Å². The minimum absolute atomic E-state index is 0.219. The van der Waals surface area contributed by atoms with Crippen molar-refractivity contribution in [1.29, 1.82) is 0 Å². The molecular formula is C7H8ClO5PS. The van der Waals surface area contributed by atoms with Crippen LogP contribution >= 0.6 is 19.2 Å². The fourth-order valence-corrected chi connectivity index (χ4v) is 3.22. The van der Waals surface area contributed by atoms with Gasteiger partial charge in [0.2, 0.25) is 0 Å². The van der Waals surface area contributed by atoms with Crippen LogP contribution in [0.15, 0.2) is 29.2 Å². The van der Waals surface area contributed by atoms with Gasteiger partial charge in [-0.1, -0.05) is 11.6 Å². The molecule has 0 amide bonds. The Kier molecular flexibility index (Phi) is 3.58. The highest BCUT2D eigenvalue weighted by Gasteiger charge is 2.24. The molecule has 5 nitrogen and oxygen atoms in total. The van der Waals surface area contributed by atoms with E-state index in [0.717, 1.165) is 6.66 Å². The zero-order chi connectivity index (χ0) is 11.7. The molecule has 1 aromatic carbocycles. The maximum absolute atomic E-state index is 11.4. The number of rotatable bonds is 3. The van der Waals surface area contributed by atoms with Gasteiger partial charge in [-0.3, -0.25) is 4.57 Å². The molecule has 0 saturated carbocycles. The van der Waals surface area contributed by atoms with Gasteiger partial charge in [0.05, 0.1) is 4.90 Å². The maximum Gasteiger partial charge on any atom is 0.339 e. The molecule has 0 aromatic heterocycles.